The van der Waals surface area contributed by atoms with Crippen LogP contribution in [0.5, 0.6) is 0 Å². The lowest BCUT2D eigenvalue weighted by atomic mass is 9.85. The Morgan fingerprint density at radius 3 is 2.75 bits per heavy atom. The Bertz CT molecular complexity index is 213. The van der Waals surface area contributed by atoms with Crippen molar-refractivity contribution in [2.24, 2.45) is 17.6 Å². The second-order valence-electron chi connectivity index (χ2n) is 5.87. The smallest absolute Gasteiger partial charge is 0.0332 e. The van der Waals surface area contributed by atoms with Gasteiger partial charge in [0.25, 0.3) is 0 Å². The number of hydrogen-bond donors (Lipinski definition) is 2. The molecule has 2 nitrogen and oxygen atoms in total. The third kappa shape index (κ3) is 2.78. The number of nitrogens with one attached hydrogen (secondary N) is 1. The monoisotopic (exact) mass is 224 g/mol. The summed E-state index contributed by atoms with van der Waals surface area (Å²) < 4.78 is 0. The first-order valence-electron chi connectivity index (χ1n) is 7.26. The first-order valence-corrected chi connectivity index (χ1v) is 7.26. The maximum atomic E-state index is 6.03. The summed E-state index contributed by atoms with van der Waals surface area (Å²) in [5.74, 6) is 1.89. The molecule has 0 spiro atoms. The maximum Gasteiger partial charge on any atom is 0.0332 e. The molecule has 0 aromatic rings. The molecule has 2 saturated carbocycles. The van der Waals surface area contributed by atoms with Crippen LogP contribution < -0.4 is 11.1 Å². The predicted octanol–water partition coefficient (Wildman–Crippen LogP) is 2.67. The normalized spacial score (nSPS) is 34.5. The van der Waals surface area contributed by atoms with Crippen molar-refractivity contribution in [3.8, 4) is 0 Å². The van der Waals surface area contributed by atoms with Gasteiger partial charge in [-0.3, -0.25) is 0 Å². The second kappa shape index (κ2) is 5.50. The molecule has 0 aliphatic heterocycles. The summed E-state index contributed by atoms with van der Waals surface area (Å²) >= 11 is 0. The van der Waals surface area contributed by atoms with Crippen molar-refractivity contribution in [1.82, 2.24) is 5.32 Å². The van der Waals surface area contributed by atoms with Gasteiger partial charge >= 0.3 is 0 Å². The van der Waals surface area contributed by atoms with Gasteiger partial charge in [0.2, 0.25) is 0 Å². The minimum Gasteiger partial charge on any atom is -0.329 e. The van der Waals surface area contributed by atoms with E-state index in [1.54, 1.807) is 0 Å². The van der Waals surface area contributed by atoms with Crippen molar-refractivity contribution in [1.29, 1.82) is 0 Å². The fourth-order valence-corrected chi connectivity index (χ4v) is 3.45. The molecule has 2 rings (SSSR count). The van der Waals surface area contributed by atoms with Crippen LogP contribution in [0.25, 0.3) is 0 Å². The average molecular weight is 224 g/mol. The SMILES string of the molecule is CCC1CCCC1(CN)NCCCC1CC1. The van der Waals surface area contributed by atoms with Gasteiger partial charge in [0.15, 0.2) is 0 Å². The van der Waals surface area contributed by atoms with Crippen LogP contribution in [0.15, 0.2) is 0 Å². The molecule has 0 saturated heterocycles. The van der Waals surface area contributed by atoms with Crippen LogP contribution in [-0.2, 0) is 0 Å². The number of hydrogen-bond acceptors (Lipinski definition) is 2. The van der Waals surface area contributed by atoms with Gasteiger partial charge in [0, 0.05) is 12.1 Å². The van der Waals surface area contributed by atoms with Gasteiger partial charge in [0.05, 0.1) is 0 Å². The summed E-state index contributed by atoms with van der Waals surface area (Å²) in [6.07, 6.45) is 11.1. The quantitative estimate of drug-likeness (QED) is 0.653. The first-order chi connectivity index (χ1) is 7.80. The summed E-state index contributed by atoms with van der Waals surface area (Å²) in [5.41, 5.74) is 6.32. The molecular weight excluding hydrogens is 196 g/mol. The molecule has 2 heteroatoms. The zero-order valence-corrected chi connectivity index (χ0v) is 10.8. The van der Waals surface area contributed by atoms with Crippen LogP contribution in [0.2, 0.25) is 0 Å². The van der Waals surface area contributed by atoms with Gasteiger partial charge in [-0.1, -0.05) is 32.6 Å². The van der Waals surface area contributed by atoms with Gasteiger partial charge < -0.3 is 11.1 Å². The molecule has 0 heterocycles. The Kier molecular flexibility index (Phi) is 4.26. The summed E-state index contributed by atoms with van der Waals surface area (Å²) in [7, 11) is 0. The van der Waals surface area contributed by atoms with Crippen LogP contribution in [-0.4, -0.2) is 18.6 Å². The molecule has 2 aliphatic rings. The van der Waals surface area contributed by atoms with E-state index in [2.05, 4.69) is 12.2 Å². The maximum absolute atomic E-state index is 6.03. The van der Waals surface area contributed by atoms with Crippen LogP contribution in [0.3, 0.4) is 0 Å². The lowest BCUT2D eigenvalue weighted by molar-refractivity contribution is 0.244. The van der Waals surface area contributed by atoms with E-state index >= 15 is 0 Å². The third-order valence-electron chi connectivity index (χ3n) is 4.78. The largest absolute Gasteiger partial charge is 0.329 e. The van der Waals surface area contributed by atoms with E-state index in [0.29, 0.717) is 0 Å². The molecule has 2 fully saturated rings. The number of nitrogens with two attached hydrogens (primary N) is 1. The summed E-state index contributed by atoms with van der Waals surface area (Å²) in [6, 6.07) is 0. The van der Waals surface area contributed by atoms with Gasteiger partial charge in [0.1, 0.15) is 0 Å². The van der Waals surface area contributed by atoms with Crippen LogP contribution in [0.1, 0.15) is 58.3 Å². The first kappa shape index (κ1) is 12.4. The topological polar surface area (TPSA) is 38.0 Å². The Balaban J connectivity index is 1.73. The zero-order valence-electron chi connectivity index (χ0n) is 10.8. The fraction of sp³-hybridized carbons (Fsp3) is 1.00. The molecule has 3 N–H and O–H groups in total. The van der Waals surface area contributed by atoms with E-state index in [1.807, 2.05) is 0 Å². The van der Waals surface area contributed by atoms with Gasteiger partial charge in [-0.25, -0.2) is 0 Å². The zero-order chi connectivity index (χ0) is 11.4. The van der Waals surface area contributed by atoms with Crippen molar-refractivity contribution in [3.63, 3.8) is 0 Å². The Labute approximate surface area is 100 Å². The summed E-state index contributed by atoms with van der Waals surface area (Å²) in [4.78, 5) is 0. The van der Waals surface area contributed by atoms with Gasteiger partial charge in [-0.15, -0.1) is 0 Å². The van der Waals surface area contributed by atoms with Crippen molar-refractivity contribution >= 4 is 0 Å². The molecule has 2 aliphatic carbocycles. The Hall–Kier alpha value is -0.0800. The van der Waals surface area contributed by atoms with E-state index in [1.165, 1.54) is 57.9 Å². The fourth-order valence-electron chi connectivity index (χ4n) is 3.45. The molecule has 0 amide bonds. The molecular formula is C14H28N2. The lowest BCUT2D eigenvalue weighted by Crippen LogP contribution is -2.54. The van der Waals surface area contributed by atoms with Crippen molar-refractivity contribution in [2.45, 2.75) is 63.8 Å². The highest BCUT2D eigenvalue weighted by Crippen LogP contribution is 2.37. The predicted molar refractivity (Wildman–Crippen MR) is 69.4 cm³/mol. The van der Waals surface area contributed by atoms with E-state index in [9.17, 15) is 0 Å². The molecule has 94 valence electrons. The van der Waals surface area contributed by atoms with Crippen LogP contribution in [0.4, 0.5) is 0 Å². The molecule has 0 bridgehead atoms. The summed E-state index contributed by atoms with van der Waals surface area (Å²) in [5, 5.41) is 3.80. The highest BCUT2D eigenvalue weighted by Gasteiger charge is 2.39. The van der Waals surface area contributed by atoms with E-state index < -0.39 is 0 Å². The summed E-state index contributed by atoms with van der Waals surface area (Å²) in [6.45, 7) is 4.32. The van der Waals surface area contributed by atoms with Crippen LogP contribution >= 0.6 is 0 Å². The van der Waals surface area contributed by atoms with E-state index in [-0.39, 0.29) is 5.54 Å². The van der Waals surface area contributed by atoms with Crippen molar-refractivity contribution < 1.29 is 0 Å². The highest BCUT2D eigenvalue weighted by molar-refractivity contribution is 4.99. The minimum absolute atomic E-state index is 0.290. The molecule has 0 aromatic heterocycles. The average Bonchev–Trinajstić information content (AvgIpc) is 3.04. The van der Waals surface area contributed by atoms with Crippen molar-refractivity contribution in [3.05, 3.63) is 0 Å². The van der Waals surface area contributed by atoms with Crippen molar-refractivity contribution in [2.75, 3.05) is 13.1 Å². The van der Waals surface area contributed by atoms with Gasteiger partial charge in [-0.05, 0) is 44.1 Å². The molecule has 16 heavy (non-hydrogen) atoms. The molecule has 2 unspecified atom stereocenters. The standard InChI is InChI=1S/C14H28N2/c1-2-13-6-3-9-14(13,11-15)16-10-4-5-12-7-8-12/h12-13,16H,2-11,15H2,1H3. The molecule has 0 aromatic carbocycles. The molecule has 0 radical (unpaired) electrons. The Morgan fingerprint density at radius 2 is 2.12 bits per heavy atom. The highest BCUT2D eigenvalue weighted by atomic mass is 15.0. The van der Waals surface area contributed by atoms with E-state index in [0.717, 1.165) is 18.4 Å². The number of rotatable bonds is 7. The third-order valence-corrected chi connectivity index (χ3v) is 4.78. The Morgan fingerprint density at radius 1 is 1.31 bits per heavy atom. The van der Waals surface area contributed by atoms with E-state index in [4.69, 9.17) is 5.73 Å². The minimum atomic E-state index is 0.290. The lowest BCUT2D eigenvalue weighted by Gasteiger charge is -2.35. The molecule has 2 atom stereocenters. The second-order valence-corrected chi connectivity index (χ2v) is 5.87. The van der Waals surface area contributed by atoms with Gasteiger partial charge in [-0.2, -0.15) is 0 Å². The van der Waals surface area contributed by atoms with Crippen LogP contribution in [0, 0.1) is 11.8 Å².